The Morgan fingerprint density at radius 2 is 1.90 bits per heavy atom. The normalized spacial score (nSPS) is 23.9. The standard InChI is InChI=1S/C17H19BrO2/c1-11-3-8-16(20-11)17(18)14-5-4-13-10-15(19-2)7-6-12(13)9-14/h4-7,9-11,16-17H,3,8H2,1-2H3. The topological polar surface area (TPSA) is 18.5 Å². The second-order valence-corrected chi connectivity index (χ2v) is 6.42. The number of hydrogen-bond acceptors (Lipinski definition) is 2. The predicted octanol–water partition coefficient (Wildman–Crippen LogP) is 4.85. The van der Waals surface area contributed by atoms with Crippen molar-refractivity contribution in [1.82, 2.24) is 0 Å². The molecule has 0 bridgehead atoms. The third-order valence-electron chi connectivity index (χ3n) is 3.98. The van der Waals surface area contributed by atoms with E-state index in [2.05, 4.69) is 53.2 Å². The summed E-state index contributed by atoms with van der Waals surface area (Å²) in [6.45, 7) is 2.15. The van der Waals surface area contributed by atoms with Crippen molar-refractivity contribution in [3.05, 3.63) is 42.0 Å². The molecule has 1 aliphatic rings. The Balaban J connectivity index is 1.88. The number of halogens is 1. The Hall–Kier alpha value is -1.06. The van der Waals surface area contributed by atoms with Crippen molar-refractivity contribution >= 4 is 26.7 Å². The van der Waals surface area contributed by atoms with E-state index in [9.17, 15) is 0 Å². The van der Waals surface area contributed by atoms with Crippen LogP contribution < -0.4 is 4.74 Å². The number of alkyl halides is 1. The van der Waals surface area contributed by atoms with E-state index in [1.807, 2.05) is 6.07 Å². The van der Waals surface area contributed by atoms with Gasteiger partial charge in [-0.15, -0.1) is 0 Å². The molecule has 3 rings (SSSR count). The van der Waals surface area contributed by atoms with Crippen LogP contribution in [0, 0.1) is 0 Å². The number of ether oxygens (including phenoxy) is 2. The molecule has 2 aromatic rings. The summed E-state index contributed by atoms with van der Waals surface area (Å²) in [5, 5.41) is 2.44. The summed E-state index contributed by atoms with van der Waals surface area (Å²) >= 11 is 3.80. The minimum Gasteiger partial charge on any atom is -0.497 e. The number of methoxy groups -OCH3 is 1. The summed E-state index contributed by atoms with van der Waals surface area (Å²) in [6, 6.07) is 12.7. The van der Waals surface area contributed by atoms with Gasteiger partial charge in [-0.3, -0.25) is 0 Å². The Bertz CT molecular complexity index is 611. The molecular weight excluding hydrogens is 316 g/mol. The highest BCUT2D eigenvalue weighted by Crippen LogP contribution is 2.37. The van der Waals surface area contributed by atoms with Crippen molar-refractivity contribution in [2.45, 2.75) is 36.8 Å². The van der Waals surface area contributed by atoms with Gasteiger partial charge in [0.15, 0.2) is 0 Å². The van der Waals surface area contributed by atoms with Crippen molar-refractivity contribution < 1.29 is 9.47 Å². The SMILES string of the molecule is COc1ccc2cc(C(Br)C3CCC(C)O3)ccc2c1. The molecule has 0 aromatic heterocycles. The molecule has 0 N–H and O–H groups in total. The number of fused-ring (bicyclic) bond motifs is 1. The molecular formula is C17H19BrO2. The van der Waals surface area contributed by atoms with E-state index in [4.69, 9.17) is 9.47 Å². The van der Waals surface area contributed by atoms with Gasteiger partial charge in [-0.1, -0.05) is 34.1 Å². The zero-order chi connectivity index (χ0) is 14.1. The molecule has 1 heterocycles. The van der Waals surface area contributed by atoms with E-state index >= 15 is 0 Å². The number of rotatable bonds is 3. The monoisotopic (exact) mass is 334 g/mol. The largest absolute Gasteiger partial charge is 0.497 e. The maximum Gasteiger partial charge on any atom is 0.119 e. The van der Waals surface area contributed by atoms with Gasteiger partial charge in [0.2, 0.25) is 0 Å². The maximum atomic E-state index is 5.96. The lowest BCUT2D eigenvalue weighted by Gasteiger charge is -2.19. The van der Waals surface area contributed by atoms with Gasteiger partial charge in [0.05, 0.1) is 24.1 Å². The molecule has 0 aliphatic carbocycles. The minimum atomic E-state index is 0.263. The lowest BCUT2D eigenvalue weighted by atomic mass is 10.0. The molecule has 1 aliphatic heterocycles. The van der Waals surface area contributed by atoms with Crippen LogP contribution in [0.3, 0.4) is 0 Å². The molecule has 0 saturated carbocycles. The highest BCUT2D eigenvalue weighted by molar-refractivity contribution is 9.09. The van der Waals surface area contributed by atoms with E-state index in [-0.39, 0.29) is 10.9 Å². The number of hydrogen-bond donors (Lipinski definition) is 0. The highest BCUT2D eigenvalue weighted by Gasteiger charge is 2.28. The van der Waals surface area contributed by atoms with Crippen LogP contribution in [0.2, 0.25) is 0 Å². The Morgan fingerprint density at radius 1 is 1.15 bits per heavy atom. The van der Waals surface area contributed by atoms with Gasteiger partial charge >= 0.3 is 0 Å². The molecule has 3 atom stereocenters. The highest BCUT2D eigenvalue weighted by atomic mass is 79.9. The average Bonchev–Trinajstić information content (AvgIpc) is 2.92. The fourth-order valence-corrected chi connectivity index (χ4v) is 3.48. The van der Waals surface area contributed by atoms with Crippen LogP contribution in [0.25, 0.3) is 10.8 Å². The van der Waals surface area contributed by atoms with E-state index in [1.54, 1.807) is 7.11 Å². The zero-order valence-corrected chi connectivity index (χ0v) is 13.4. The first-order valence-electron chi connectivity index (χ1n) is 7.04. The van der Waals surface area contributed by atoms with Crippen LogP contribution in [0.4, 0.5) is 0 Å². The second-order valence-electron chi connectivity index (χ2n) is 5.44. The van der Waals surface area contributed by atoms with Crippen LogP contribution in [0.5, 0.6) is 5.75 Å². The summed E-state index contributed by atoms with van der Waals surface area (Å²) in [7, 11) is 1.70. The van der Waals surface area contributed by atoms with E-state index < -0.39 is 0 Å². The van der Waals surface area contributed by atoms with Crippen LogP contribution >= 0.6 is 15.9 Å². The van der Waals surface area contributed by atoms with E-state index in [0.717, 1.165) is 18.6 Å². The van der Waals surface area contributed by atoms with Gasteiger partial charge in [0.25, 0.3) is 0 Å². The number of benzene rings is 2. The van der Waals surface area contributed by atoms with Crippen molar-refractivity contribution in [2.75, 3.05) is 7.11 Å². The quantitative estimate of drug-likeness (QED) is 0.747. The summed E-state index contributed by atoms with van der Waals surface area (Å²) in [4.78, 5) is 0.263. The van der Waals surface area contributed by atoms with Crippen LogP contribution in [-0.2, 0) is 4.74 Å². The predicted molar refractivity (Wildman–Crippen MR) is 85.7 cm³/mol. The Morgan fingerprint density at radius 3 is 2.60 bits per heavy atom. The first kappa shape index (κ1) is 13.9. The van der Waals surface area contributed by atoms with Crippen LogP contribution in [0.15, 0.2) is 36.4 Å². The fraction of sp³-hybridized carbons (Fsp3) is 0.412. The van der Waals surface area contributed by atoms with Gasteiger partial charge in [-0.25, -0.2) is 0 Å². The molecule has 3 unspecified atom stereocenters. The summed E-state index contributed by atoms with van der Waals surface area (Å²) in [6.07, 6.45) is 2.93. The molecule has 1 saturated heterocycles. The van der Waals surface area contributed by atoms with Gasteiger partial charge in [0.1, 0.15) is 5.75 Å². The second kappa shape index (κ2) is 5.74. The van der Waals surface area contributed by atoms with E-state index in [0.29, 0.717) is 6.10 Å². The minimum absolute atomic E-state index is 0.263. The maximum absolute atomic E-state index is 5.96. The van der Waals surface area contributed by atoms with Crippen molar-refractivity contribution in [3.8, 4) is 5.75 Å². The third-order valence-corrected chi connectivity index (χ3v) is 5.10. The zero-order valence-electron chi connectivity index (χ0n) is 11.8. The van der Waals surface area contributed by atoms with Gasteiger partial charge in [0, 0.05) is 0 Å². The molecule has 106 valence electrons. The molecule has 3 heteroatoms. The average molecular weight is 335 g/mol. The van der Waals surface area contributed by atoms with Gasteiger partial charge in [-0.05, 0) is 54.3 Å². The van der Waals surface area contributed by atoms with E-state index in [1.165, 1.54) is 16.3 Å². The molecule has 1 fully saturated rings. The summed E-state index contributed by atoms with van der Waals surface area (Å²) in [5.74, 6) is 0.897. The van der Waals surface area contributed by atoms with Crippen molar-refractivity contribution in [1.29, 1.82) is 0 Å². The Kier molecular flexibility index (Phi) is 3.99. The fourth-order valence-electron chi connectivity index (χ4n) is 2.80. The van der Waals surface area contributed by atoms with Crippen molar-refractivity contribution in [3.63, 3.8) is 0 Å². The van der Waals surface area contributed by atoms with Gasteiger partial charge < -0.3 is 9.47 Å². The first-order chi connectivity index (χ1) is 9.67. The lowest BCUT2D eigenvalue weighted by Crippen LogP contribution is -2.14. The lowest BCUT2D eigenvalue weighted by molar-refractivity contribution is 0.0557. The van der Waals surface area contributed by atoms with Crippen LogP contribution in [0.1, 0.15) is 30.2 Å². The van der Waals surface area contributed by atoms with Crippen molar-refractivity contribution in [2.24, 2.45) is 0 Å². The molecule has 20 heavy (non-hydrogen) atoms. The van der Waals surface area contributed by atoms with Gasteiger partial charge in [-0.2, -0.15) is 0 Å². The third kappa shape index (κ3) is 2.70. The molecule has 0 radical (unpaired) electrons. The molecule has 0 spiro atoms. The molecule has 0 amide bonds. The summed E-state index contributed by atoms with van der Waals surface area (Å²) in [5.41, 5.74) is 1.28. The molecule has 2 aromatic carbocycles. The molecule has 2 nitrogen and oxygen atoms in total. The summed E-state index contributed by atoms with van der Waals surface area (Å²) < 4.78 is 11.2. The van der Waals surface area contributed by atoms with Crippen LogP contribution in [-0.4, -0.2) is 19.3 Å². The smallest absolute Gasteiger partial charge is 0.119 e. The Labute approximate surface area is 128 Å². The first-order valence-corrected chi connectivity index (χ1v) is 7.96.